The van der Waals surface area contributed by atoms with E-state index >= 15 is 0 Å². The average molecular weight is 287 g/mol. The van der Waals surface area contributed by atoms with Gasteiger partial charge in [0, 0.05) is 32.0 Å². The van der Waals surface area contributed by atoms with Gasteiger partial charge in [-0.05, 0) is 32.6 Å². The second-order valence-corrected chi connectivity index (χ2v) is 5.67. The number of hydrogen-bond acceptors (Lipinski definition) is 6. The van der Waals surface area contributed by atoms with Crippen LogP contribution >= 0.6 is 0 Å². The third-order valence-electron chi connectivity index (χ3n) is 3.60. The summed E-state index contributed by atoms with van der Waals surface area (Å²) in [5.41, 5.74) is 0. The molecule has 0 atom stereocenters. The van der Waals surface area contributed by atoms with Gasteiger partial charge in [-0.15, -0.1) is 0 Å². The normalized spacial score (nSPS) is 14.5. The zero-order chi connectivity index (χ0) is 14.8. The Labute approximate surface area is 124 Å². The molecule has 0 aliphatic heterocycles. The van der Waals surface area contributed by atoms with Crippen LogP contribution in [0.1, 0.15) is 26.7 Å². The Morgan fingerprint density at radius 3 is 2.71 bits per heavy atom. The van der Waals surface area contributed by atoms with Crippen LogP contribution in [0.5, 0.6) is 0 Å². The molecule has 0 aromatic carbocycles. The summed E-state index contributed by atoms with van der Waals surface area (Å²) in [5, 5.41) is 3.01. The molecule has 1 fully saturated rings. The van der Waals surface area contributed by atoms with Crippen molar-refractivity contribution in [2.45, 2.75) is 32.7 Å². The molecule has 0 saturated heterocycles. The molecular weight excluding hydrogens is 266 g/mol. The van der Waals surface area contributed by atoms with Crippen LogP contribution in [0, 0.1) is 5.92 Å². The van der Waals surface area contributed by atoms with Crippen LogP contribution in [0.4, 0.5) is 11.9 Å². The van der Waals surface area contributed by atoms with Crippen molar-refractivity contribution in [3.63, 3.8) is 0 Å². The Hall–Kier alpha value is -2.18. The van der Waals surface area contributed by atoms with Gasteiger partial charge in [-0.1, -0.05) is 0 Å². The van der Waals surface area contributed by atoms with Crippen molar-refractivity contribution in [3.05, 3.63) is 18.7 Å². The molecule has 1 saturated carbocycles. The first-order chi connectivity index (χ1) is 10.2. The topological polar surface area (TPSA) is 71.8 Å². The van der Waals surface area contributed by atoms with Crippen molar-refractivity contribution >= 4 is 11.9 Å². The first-order valence-electron chi connectivity index (χ1n) is 7.36. The maximum Gasteiger partial charge on any atom is 0.241 e. The molecule has 1 aliphatic rings. The zero-order valence-corrected chi connectivity index (χ0v) is 12.7. The van der Waals surface area contributed by atoms with Gasteiger partial charge in [-0.2, -0.15) is 15.0 Å². The number of nitrogens with one attached hydrogen (secondary N) is 1. The quantitative estimate of drug-likeness (QED) is 0.872. The fourth-order valence-corrected chi connectivity index (χ4v) is 2.19. The first kappa shape index (κ1) is 13.8. The predicted octanol–water partition coefficient (Wildman–Crippen LogP) is 1.72. The Balaban J connectivity index is 1.97. The van der Waals surface area contributed by atoms with E-state index in [9.17, 15) is 0 Å². The fourth-order valence-electron chi connectivity index (χ4n) is 2.19. The van der Waals surface area contributed by atoms with E-state index in [0.717, 1.165) is 18.4 Å². The number of imidazole rings is 1. The molecule has 7 heteroatoms. The van der Waals surface area contributed by atoms with E-state index < -0.39 is 0 Å². The fraction of sp³-hybridized carbons (Fsp3) is 0.571. The Morgan fingerprint density at radius 2 is 2.14 bits per heavy atom. The van der Waals surface area contributed by atoms with Crippen molar-refractivity contribution in [2.75, 3.05) is 23.8 Å². The summed E-state index contributed by atoms with van der Waals surface area (Å²) >= 11 is 0. The molecule has 1 aliphatic carbocycles. The van der Waals surface area contributed by atoms with E-state index in [1.165, 1.54) is 12.8 Å². The number of aromatic nitrogens is 5. The van der Waals surface area contributed by atoms with Gasteiger partial charge in [0.15, 0.2) is 0 Å². The average Bonchev–Trinajstić information content (AvgIpc) is 3.14. The van der Waals surface area contributed by atoms with Gasteiger partial charge in [0.05, 0.1) is 0 Å². The third kappa shape index (κ3) is 3.12. The van der Waals surface area contributed by atoms with Gasteiger partial charge in [0.2, 0.25) is 17.8 Å². The molecule has 2 aromatic heterocycles. The van der Waals surface area contributed by atoms with Crippen molar-refractivity contribution in [1.82, 2.24) is 24.5 Å². The lowest BCUT2D eigenvalue weighted by molar-refractivity contribution is 0.624. The van der Waals surface area contributed by atoms with Gasteiger partial charge in [0.1, 0.15) is 6.33 Å². The molecule has 0 unspecified atom stereocenters. The van der Waals surface area contributed by atoms with E-state index in [2.05, 4.69) is 44.0 Å². The smallest absolute Gasteiger partial charge is 0.241 e. The predicted molar refractivity (Wildman–Crippen MR) is 81.7 cm³/mol. The highest BCUT2D eigenvalue weighted by Crippen LogP contribution is 2.31. The number of anilines is 2. The zero-order valence-electron chi connectivity index (χ0n) is 12.7. The van der Waals surface area contributed by atoms with Crippen molar-refractivity contribution < 1.29 is 0 Å². The minimum absolute atomic E-state index is 0.355. The van der Waals surface area contributed by atoms with Crippen LogP contribution in [-0.2, 0) is 0 Å². The first-order valence-corrected chi connectivity index (χ1v) is 7.36. The van der Waals surface area contributed by atoms with Crippen molar-refractivity contribution in [1.29, 1.82) is 0 Å². The molecule has 21 heavy (non-hydrogen) atoms. The van der Waals surface area contributed by atoms with Crippen molar-refractivity contribution in [2.24, 2.45) is 5.92 Å². The Morgan fingerprint density at radius 1 is 1.33 bits per heavy atom. The monoisotopic (exact) mass is 287 g/mol. The minimum atomic E-state index is 0.355. The maximum absolute atomic E-state index is 4.61. The van der Waals surface area contributed by atoms with Crippen LogP contribution in [0.15, 0.2) is 18.7 Å². The Bertz CT molecular complexity index is 589. The van der Waals surface area contributed by atoms with E-state index in [0.29, 0.717) is 17.9 Å². The van der Waals surface area contributed by atoms with Gasteiger partial charge in [-0.25, -0.2) is 4.98 Å². The molecule has 7 nitrogen and oxygen atoms in total. The second-order valence-electron chi connectivity index (χ2n) is 5.67. The Kier molecular flexibility index (Phi) is 3.72. The summed E-state index contributed by atoms with van der Waals surface area (Å²) in [6.07, 6.45) is 7.86. The molecule has 112 valence electrons. The van der Waals surface area contributed by atoms with Crippen LogP contribution in [0.2, 0.25) is 0 Å². The molecule has 2 aromatic rings. The minimum Gasteiger partial charge on any atom is -0.357 e. The van der Waals surface area contributed by atoms with E-state index in [4.69, 9.17) is 0 Å². The molecule has 0 radical (unpaired) electrons. The van der Waals surface area contributed by atoms with Gasteiger partial charge >= 0.3 is 0 Å². The summed E-state index contributed by atoms with van der Waals surface area (Å²) in [6, 6.07) is 0.355. The highest BCUT2D eigenvalue weighted by molar-refractivity contribution is 5.40. The lowest BCUT2D eigenvalue weighted by Crippen LogP contribution is -2.34. The second kappa shape index (κ2) is 5.67. The SMILES string of the molecule is CNc1nc(N(CC2CC2)C(C)C)nc(-n2ccnc2)n1. The summed E-state index contributed by atoms with van der Waals surface area (Å²) in [5.74, 6) is 2.66. The molecule has 0 spiro atoms. The number of nitrogens with zero attached hydrogens (tertiary/aromatic N) is 6. The number of hydrogen-bond donors (Lipinski definition) is 1. The summed E-state index contributed by atoms with van der Waals surface area (Å²) in [7, 11) is 1.82. The summed E-state index contributed by atoms with van der Waals surface area (Å²) in [4.78, 5) is 19.8. The van der Waals surface area contributed by atoms with E-state index in [1.54, 1.807) is 17.1 Å². The lowest BCUT2D eigenvalue weighted by atomic mass is 10.3. The molecular formula is C14H21N7. The highest BCUT2D eigenvalue weighted by Gasteiger charge is 2.27. The summed E-state index contributed by atoms with van der Waals surface area (Å²) in [6.45, 7) is 5.35. The van der Waals surface area contributed by atoms with Gasteiger partial charge in [0.25, 0.3) is 0 Å². The van der Waals surface area contributed by atoms with Crippen LogP contribution in [0.3, 0.4) is 0 Å². The third-order valence-corrected chi connectivity index (χ3v) is 3.60. The largest absolute Gasteiger partial charge is 0.357 e. The molecule has 1 N–H and O–H groups in total. The van der Waals surface area contributed by atoms with Crippen LogP contribution in [-0.4, -0.2) is 44.1 Å². The van der Waals surface area contributed by atoms with E-state index in [1.807, 2.05) is 13.2 Å². The molecule has 2 heterocycles. The maximum atomic E-state index is 4.61. The molecule has 0 amide bonds. The van der Waals surface area contributed by atoms with Crippen LogP contribution in [0.25, 0.3) is 5.95 Å². The standard InChI is InChI=1S/C14H21N7/c1-10(2)21(8-11-4-5-11)14-18-12(15-3)17-13(19-14)20-7-6-16-9-20/h6-7,9-11H,4-5,8H2,1-3H3,(H,15,17,18,19). The lowest BCUT2D eigenvalue weighted by Gasteiger charge is -2.27. The molecule has 0 bridgehead atoms. The van der Waals surface area contributed by atoms with Crippen molar-refractivity contribution in [3.8, 4) is 5.95 Å². The molecule has 3 rings (SSSR count). The van der Waals surface area contributed by atoms with E-state index in [-0.39, 0.29) is 0 Å². The van der Waals surface area contributed by atoms with Gasteiger partial charge in [-0.3, -0.25) is 4.57 Å². The number of rotatable bonds is 6. The van der Waals surface area contributed by atoms with Gasteiger partial charge < -0.3 is 10.2 Å². The summed E-state index contributed by atoms with van der Waals surface area (Å²) < 4.78 is 1.79. The highest BCUT2D eigenvalue weighted by atomic mass is 15.3. The van der Waals surface area contributed by atoms with Crippen LogP contribution < -0.4 is 10.2 Å².